The Morgan fingerprint density at radius 2 is 2.10 bits per heavy atom. The van der Waals surface area contributed by atoms with Crippen molar-refractivity contribution in [2.75, 3.05) is 31.4 Å². The average Bonchev–Trinajstić information content (AvgIpc) is 2.40. The van der Waals surface area contributed by atoms with Crippen molar-refractivity contribution in [3.05, 3.63) is 22.8 Å². The van der Waals surface area contributed by atoms with E-state index in [1.54, 1.807) is 25.4 Å². The Morgan fingerprint density at radius 3 is 2.70 bits per heavy atom. The number of nitrogens with zero attached hydrogens (tertiary/aromatic N) is 2. The van der Waals surface area contributed by atoms with Gasteiger partial charge in [-0.15, -0.1) is 0 Å². The van der Waals surface area contributed by atoms with Crippen LogP contribution in [0.5, 0.6) is 0 Å². The van der Waals surface area contributed by atoms with Gasteiger partial charge in [0.2, 0.25) is 0 Å². The molecule has 0 unspecified atom stereocenters. The second kappa shape index (κ2) is 8.56. The summed E-state index contributed by atoms with van der Waals surface area (Å²) in [5, 5.41) is 3.24. The zero-order valence-electron chi connectivity index (χ0n) is 11.8. The van der Waals surface area contributed by atoms with E-state index in [2.05, 4.69) is 37.9 Å². The van der Waals surface area contributed by atoms with Crippen LogP contribution in [-0.4, -0.2) is 44.4 Å². The van der Waals surface area contributed by atoms with Gasteiger partial charge in [-0.3, -0.25) is 4.72 Å². The van der Waals surface area contributed by atoms with Crippen molar-refractivity contribution in [3.8, 4) is 0 Å². The predicted octanol–water partition coefficient (Wildman–Crippen LogP) is 1.82. The molecule has 0 aliphatic heterocycles. The SMILES string of the molecule is CCCNCCCN(C)S(=O)(=O)Nc1ccc(Br)cn1. The van der Waals surface area contributed by atoms with E-state index in [0.29, 0.717) is 12.4 Å². The Bertz CT molecular complexity index is 493. The molecule has 0 fully saturated rings. The molecule has 2 N–H and O–H groups in total. The van der Waals surface area contributed by atoms with Crippen molar-refractivity contribution < 1.29 is 8.42 Å². The second-order valence-electron chi connectivity index (χ2n) is 4.39. The molecule has 1 heterocycles. The average molecular weight is 365 g/mol. The maximum Gasteiger partial charge on any atom is 0.302 e. The first-order valence-corrected chi connectivity index (χ1v) is 8.75. The molecular weight excluding hydrogens is 344 g/mol. The second-order valence-corrected chi connectivity index (χ2v) is 7.09. The summed E-state index contributed by atoms with van der Waals surface area (Å²) in [6.45, 7) is 4.32. The Balaban J connectivity index is 2.44. The molecule has 0 bridgehead atoms. The molecule has 0 saturated heterocycles. The molecule has 0 atom stereocenters. The fourth-order valence-electron chi connectivity index (χ4n) is 1.49. The molecule has 1 rings (SSSR count). The highest BCUT2D eigenvalue weighted by atomic mass is 79.9. The molecule has 114 valence electrons. The lowest BCUT2D eigenvalue weighted by atomic mass is 10.4. The van der Waals surface area contributed by atoms with Gasteiger partial charge in [0.05, 0.1) is 0 Å². The largest absolute Gasteiger partial charge is 0.317 e. The number of rotatable bonds is 9. The molecule has 20 heavy (non-hydrogen) atoms. The van der Waals surface area contributed by atoms with Crippen LogP contribution < -0.4 is 10.0 Å². The van der Waals surface area contributed by atoms with Gasteiger partial charge >= 0.3 is 10.2 Å². The molecule has 0 spiro atoms. The van der Waals surface area contributed by atoms with Gasteiger partial charge in [0.15, 0.2) is 0 Å². The Kier molecular flexibility index (Phi) is 7.42. The van der Waals surface area contributed by atoms with Crippen LogP contribution in [0.2, 0.25) is 0 Å². The van der Waals surface area contributed by atoms with Crippen LogP contribution in [-0.2, 0) is 10.2 Å². The highest BCUT2D eigenvalue weighted by molar-refractivity contribution is 9.10. The summed E-state index contributed by atoms with van der Waals surface area (Å²) in [4.78, 5) is 3.99. The van der Waals surface area contributed by atoms with Gasteiger partial charge in [-0.05, 0) is 54.0 Å². The quantitative estimate of drug-likeness (QED) is 0.655. The minimum Gasteiger partial charge on any atom is -0.317 e. The van der Waals surface area contributed by atoms with Crippen molar-refractivity contribution in [1.82, 2.24) is 14.6 Å². The van der Waals surface area contributed by atoms with E-state index in [0.717, 1.165) is 30.4 Å². The van der Waals surface area contributed by atoms with E-state index in [4.69, 9.17) is 0 Å². The lowest BCUT2D eigenvalue weighted by molar-refractivity contribution is 0.458. The molecule has 0 aliphatic carbocycles. The third kappa shape index (κ3) is 6.17. The lowest BCUT2D eigenvalue weighted by Crippen LogP contribution is -2.34. The monoisotopic (exact) mass is 364 g/mol. The van der Waals surface area contributed by atoms with Crippen LogP contribution >= 0.6 is 15.9 Å². The summed E-state index contributed by atoms with van der Waals surface area (Å²) in [7, 11) is -1.98. The number of halogens is 1. The highest BCUT2D eigenvalue weighted by Crippen LogP contribution is 2.12. The number of nitrogens with one attached hydrogen (secondary N) is 2. The molecule has 0 aliphatic rings. The fraction of sp³-hybridized carbons (Fsp3) is 0.583. The van der Waals surface area contributed by atoms with Crippen molar-refractivity contribution in [3.63, 3.8) is 0 Å². The van der Waals surface area contributed by atoms with E-state index in [-0.39, 0.29) is 0 Å². The fourth-order valence-corrected chi connectivity index (χ4v) is 2.64. The number of anilines is 1. The minimum atomic E-state index is -3.54. The molecule has 6 nitrogen and oxygen atoms in total. The zero-order chi connectivity index (χ0) is 15.0. The van der Waals surface area contributed by atoms with E-state index in [9.17, 15) is 8.42 Å². The molecule has 0 amide bonds. The Labute approximate surface area is 129 Å². The molecule has 8 heteroatoms. The minimum absolute atomic E-state index is 0.309. The van der Waals surface area contributed by atoms with E-state index >= 15 is 0 Å². The first-order chi connectivity index (χ1) is 9.45. The van der Waals surface area contributed by atoms with Gasteiger partial charge in [0.25, 0.3) is 0 Å². The molecule has 0 aromatic carbocycles. The predicted molar refractivity (Wildman–Crippen MR) is 84.9 cm³/mol. The number of pyridine rings is 1. The summed E-state index contributed by atoms with van der Waals surface area (Å²) in [6.07, 6.45) is 3.39. The van der Waals surface area contributed by atoms with E-state index in [1.807, 2.05) is 0 Å². The molecule has 0 saturated carbocycles. The smallest absolute Gasteiger partial charge is 0.302 e. The van der Waals surface area contributed by atoms with Gasteiger partial charge in [-0.2, -0.15) is 12.7 Å². The topological polar surface area (TPSA) is 74.3 Å². The zero-order valence-corrected chi connectivity index (χ0v) is 14.2. The first-order valence-electron chi connectivity index (χ1n) is 6.52. The number of hydrogen-bond donors (Lipinski definition) is 2. The van der Waals surface area contributed by atoms with Gasteiger partial charge in [-0.1, -0.05) is 6.92 Å². The summed E-state index contributed by atoms with van der Waals surface area (Å²) in [5.74, 6) is 0.309. The number of aromatic nitrogens is 1. The summed E-state index contributed by atoms with van der Waals surface area (Å²) < 4.78 is 28.6. The van der Waals surface area contributed by atoms with Crippen molar-refractivity contribution in [2.45, 2.75) is 19.8 Å². The number of hydrogen-bond acceptors (Lipinski definition) is 4. The first kappa shape index (κ1) is 17.4. The van der Waals surface area contributed by atoms with Crippen molar-refractivity contribution in [2.24, 2.45) is 0 Å². The summed E-state index contributed by atoms with van der Waals surface area (Å²) >= 11 is 3.25. The maximum absolute atomic E-state index is 12.0. The van der Waals surface area contributed by atoms with Crippen LogP contribution in [0.25, 0.3) is 0 Å². The lowest BCUT2D eigenvalue weighted by Gasteiger charge is -2.17. The van der Waals surface area contributed by atoms with Crippen molar-refractivity contribution in [1.29, 1.82) is 0 Å². The van der Waals surface area contributed by atoms with Crippen LogP contribution in [0.4, 0.5) is 5.82 Å². The van der Waals surface area contributed by atoms with Crippen LogP contribution in [0.15, 0.2) is 22.8 Å². The molecule has 1 aromatic heterocycles. The normalized spacial score (nSPS) is 11.8. The standard InChI is InChI=1S/C12H21BrN4O2S/c1-3-7-14-8-4-9-17(2)20(18,19)16-12-6-5-11(13)10-15-12/h5-6,10,14H,3-4,7-9H2,1-2H3,(H,15,16). The summed E-state index contributed by atoms with van der Waals surface area (Å²) in [5.41, 5.74) is 0. The van der Waals surface area contributed by atoms with Gasteiger partial charge in [0.1, 0.15) is 5.82 Å². The Hall–Kier alpha value is -0.700. The molecule has 0 radical (unpaired) electrons. The van der Waals surface area contributed by atoms with Gasteiger partial charge < -0.3 is 5.32 Å². The third-order valence-corrected chi connectivity index (χ3v) is 4.56. The third-order valence-electron chi connectivity index (χ3n) is 2.62. The highest BCUT2D eigenvalue weighted by Gasteiger charge is 2.17. The van der Waals surface area contributed by atoms with E-state index < -0.39 is 10.2 Å². The molecular formula is C12H21BrN4O2S. The van der Waals surface area contributed by atoms with Crippen LogP contribution in [0, 0.1) is 0 Å². The van der Waals surface area contributed by atoms with Crippen LogP contribution in [0.3, 0.4) is 0 Å². The van der Waals surface area contributed by atoms with Crippen LogP contribution in [0.1, 0.15) is 19.8 Å². The van der Waals surface area contributed by atoms with Gasteiger partial charge in [0, 0.05) is 24.3 Å². The maximum atomic E-state index is 12.0. The Morgan fingerprint density at radius 1 is 1.35 bits per heavy atom. The van der Waals surface area contributed by atoms with E-state index in [1.165, 1.54) is 4.31 Å². The van der Waals surface area contributed by atoms with Crippen molar-refractivity contribution >= 4 is 32.0 Å². The summed E-state index contributed by atoms with van der Waals surface area (Å²) in [6, 6.07) is 3.35. The molecule has 1 aromatic rings. The van der Waals surface area contributed by atoms with Gasteiger partial charge in [-0.25, -0.2) is 4.98 Å².